The van der Waals surface area contributed by atoms with Crippen molar-refractivity contribution in [2.75, 3.05) is 5.32 Å². The van der Waals surface area contributed by atoms with E-state index in [1.54, 1.807) is 18.2 Å². The third-order valence-corrected chi connectivity index (χ3v) is 3.18. The monoisotopic (exact) mass is 272 g/mol. The number of fused-ring (bicyclic) bond motifs is 1. The molecule has 0 saturated carbocycles. The Balaban J connectivity index is 2.09. The van der Waals surface area contributed by atoms with Gasteiger partial charge in [-0.1, -0.05) is 29.5 Å². The van der Waals surface area contributed by atoms with Crippen LogP contribution in [0.5, 0.6) is 0 Å². The number of carbonyl (C=O) groups excluding carboxylic acids is 1. The first-order valence-corrected chi connectivity index (χ1v) is 6.31. The summed E-state index contributed by atoms with van der Waals surface area (Å²) in [6.45, 7) is 0. The number of nitrogens with one attached hydrogen (secondary N) is 2. The number of benzene rings is 1. The van der Waals surface area contributed by atoms with Gasteiger partial charge in [-0.05, 0) is 6.07 Å². The van der Waals surface area contributed by atoms with E-state index in [0.717, 1.165) is 0 Å². The molecule has 7 heteroatoms. The highest BCUT2D eigenvalue weighted by molar-refractivity contribution is 7.13. The Morgan fingerprint density at radius 3 is 2.95 bits per heavy atom. The third-order valence-electron chi connectivity index (χ3n) is 2.58. The van der Waals surface area contributed by atoms with Gasteiger partial charge in [0.1, 0.15) is 5.51 Å². The van der Waals surface area contributed by atoms with Crippen LogP contribution < -0.4 is 10.9 Å². The highest BCUT2D eigenvalue weighted by Crippen LogP contribution is 2.17. The molecule has 3 rings (SSSR count). The molecule has 2 aromatic heterocycles. The fourth-order valence-corrected chi connectivity index (χ4v) is 2.22. The standard InChI is InChI=1S/C12H8N4O2S/c17-10-5-8(7-3-1-2-4-9(7)14-10)11(18)15-12-16-13-6-19-12/h1-6H,(H,14,17)(H,15,16,18). The molecule has 0 aliphatic rings. The van der Waals surface area contributed by atoms with Crippen molar-refractivity contribution in [3.8, 4) is 0 Å². The molecule has 6 nitrogen and oxygen atoms in total. The van der Waals surface area contributed by atoms with Crippen LogP contribution in [0.3, 0.4) is 0 Å². The first-order chi connectivity index (χ1) is 9.24. The lowest BCUT2D eigenvalue weighted by molar-refractivity contribution is 0.102. The molecule has 0 unspecified atom stereocenters. The minimum atomic E-state index is -0.376. The van der Waals surface area contributed by atoms with Gasteiger partial charge in [-0.2, -0.15) is 0 Å². The summed E-state index contributed by atoms with van der Waals surface area (Å²) in [6.07, 6.45) is 0. The zero-order chi connectivity index (χ0) is 13.2. The summed E-state index contributed by atoms with van der Waals surface area (Å²) in [5, 5.41) is 11.1. The topological polar surface area (TPSA) is 87.7 Å². The number of anilines is 1. The molecule has 2 N–H and O–H groups in total. The molecule has 1 aromatic carbocycles. The first kappa shape index (κ1) is 11.5. The maximum atomic E-state index is 12.2. The first-order valence-electron chi connectivity index (χ1n) is 5.43. The minimum Gasteiger partial charge on any atom is -0.322 e. The Kier molecular flexibility index (Phi) is 2.81. The van der Waals surface area contributed by atoms with Crippen molar-refractivity contribution in [3.05, 3.63) is 51.8 Å². The third kappa shape index (κ3) is 2.23. The zero-order valence-corrected chi connectivity index (χ0v) is 10.4. The molecule has 0 saturated heterocycles. The van der Waals surface area contributed by atoms with Gasteiger partial charge in [0.2, 0.25) is 10.7 Å². The summed E-state index contributed by atoms with van der Waals surface area (Å²) < 4.78 is 0. The summed E-state index contributed by atoms with van der Waals surface area (Å²) in [6, 6.07) is 8.41. The largest absolute Gasteiger partial charge is 0.322 e. The predicted octanol–water partition coefficient (Wildman–Crippen LogP) is 1.63. The molecule has 0 fully saturated rings. The molecule has 1 amide bonds. The van der Waals surface area contributed by atoms with E-state index in [1.807, 2.05) is 6.07 Å². The van der Waals surface area contributed by atoms with Crippen molar-refractivity contribution in [2.45, 2.75) is 0 Å². The molecule has 3 aromatic rings. The zero-order valence-electron chi connectivity index (χ0n) is 9.58. The van der Waals surface area contributed by atoms with Gasteiger partial charge in [0.15, 0.2) is 0 Å². The second-order valence-corrected chi connectivity index (χ2v) is 4.62. The van der Waals surface area contributed by atoms with E-state index in [-0.39, 0.29) is 11.5 Å². The molecule has 19 heavy (non-hydrogen) atoms. The Bertz CT molecular complexity index is 795. The number of hydrogen-bond acceptors (Lipinski definition) is 5. The molecule has 0 atom stereocenters. The van der Waals surface area contributed by atoms with Gasteiger partial charge in [0.25, 0.3) is 5.91 Å². The van der Waals surface area contributed by atoms with Crippen LogP contribution >= 0.6 is 11.3 Å². The second-order valence-electron chi connectivity index (χ2n) is 3.79. The Morgan fingerprint density at radius 1 is 1.32 bits per heavy atom. The summed E-state index contributed by atoms with van der Waals surface area (Å²) in [7, 11) is 0. The molecule has 94 valence electrons. The van der Waals surface area contributed by atoms with Crippen molar-refractivity contribution < 1.29 is 4.79 Å². The predicted molar refractivity (Wildman–Crippen MR) is 72.4 cm³/mol. The number of pyridine rings is 1. The molecular formula is C12H8N4O2S. The number of para-hydroxylation sites is 1. The lowest BCUT2D eigenvalue weighted by Gasteiger charge is -2.05. The molecule has 0 aliphatic heterocycles. The fourth-order valence-electron chi connectivity index (χ4n) is 1.78. The fraction of sp³-hybridized carbons (Fsp3) is 0. The Labute approximate surface area is 111 Å². The van der Waals surface area contributed by atoms with Crippen LogP contribution in [0.4, 0.5) is 5.13 Å². The van der Waals surface area contributed by atoms with Crippen LogP contribution in [0.15, 0.2) is 40.6 Å². The van der Waals surface area contributed by atoms with Crippen molar-refractivity contribution in [1.82, 2.24) is 15.2 Å². The van der Waals surface area contributed by atoms with E-state index in [2.05, 4.69) is 20.5 Å². The number of aromatic nitrogens is 3. The van der Waals surface area contributed by atoms with Crippen molar-refractivity contribution in [2.24, 2.45) is 0 Å². The van der Waals surface area contributed by atoms with Gasteiger partial charge < -0.3 is 4.98 Å². The maximum Gasteiger partial charge on any atom is 0.258 e. The highest BCUT2D eigenvalue weighted by atomic mass is 32.1. The van der Waals surface area contributed by atoms with Crippen molar-refractivity contribution >= 4 is 33.3 Å². The van der Waals surface area contributed by atoms with Gasteiger partial charge >= 0.3 is 0 Å². The average molecular weight is 272 g/mol. The van der Waals surface area contributed by atoms with E-state index in [4.69, 9.17) is 0 Å². The lowest BCUT2D eigenvalue weighted by atomic mass is 10.1. The number of H-pyrrole nitrogens is 1. The van der Waals surface area contributed by atoms with Crippen LogP contribution in [0.25, 0.3) is 10.9 Å². The maximum absolute atomic E-state index is 12.2. The molecule has 0 spiro atoms. The molecular weight excluding hydrogens is 264 g/mol. The number of rotatable bonds is 2. The van der Waals surface area contributed by atoms with Gasteiger partial charge in [0.05, 0.1) is 5.56 Å². The van der Waals surface area contributed by atoms with Gasteiger partial charge in [-0.25, -0.2) is 0 Å². The summed E-state index contributed by atoms with van der Waals surface area (Å²) in [4.78, 5) is 26.4. The summed E-state index contributed by atoms with van der Waals surface area (Å²) >= 11 is 1.22. The highest BCUT2D eigenvalue weighted by Gasteiger charge is 2.12. The molecule has 0 radical (unpaired) electrons. The summed E-state index contributed by atoms with van der Waals surface area (Å²) in [5.41, 5.74) is 2.14. The van der Waals surface area contributed by atoms with Gasteiger partial charge in [-0.3, -0.25) is 14.9 Å². The van der Waals surface area contributed by atoms with E-state index >= 15 is 0 Å². The van der Waals surface area contributed by atoms with Crippen molar-refractivity contribution in [1.29, 1.82) is 0 Å². The van der Waals surface area contributed by atoms with E-state index in [1.165, 1.54) is 22.9 Å². The molecule has 0 aliphatic carbocycles. The number of aromatic amines is 1. The molecule has 0 bridgehead atoms. The van der Waals surface area contributed by atoms with E-state index in [9.17, 15) is 9.59 Å². The van der Waals surface area contributed by atoms with Crippen LogP contribution in [-0.2, 0) is 0 Å². The number of nitrogens with zero attached hydrogens (tertiary/aromatic N) is 2. The Morgan fingerprint density at radius 2 is 2.16 bits per heavy atom. The van der Waals surface area contributed by atoms with E-state index in [0.29, 0.717) is 21.6 Å². The van der Waals surface area contributed by atoms with Crippen LogP contribution in [0, 0.1) is 0 Å². The van der Waals surface area contributed by atoms with E-state index < -0.39 is 0 Å². The SMILES string of the molecule is O=C(Nc1nncs1)c1cc(=O)[nH]c2ccccc12. The quantitative estimate of drug-likeness (QED) is 0.742. The number of amides is 1. The van der Waals surface area contributed by atoms with Crippen LogP contribution in [0.2, 0.25) is 0 Å². The Hall–Kier alpha value is -2.54. The smallest absolute Gasteiger partial charge is 0.258 e. The number of carbonyl (C=O) groups is 1. The summed E-state index contributed by atoms with van der Waals surface area (Å²) in [5.74, 6) is -0.376. The van der Waals surface area contributed by atoms with Crippen LogP contribution in [-0.4, -0.2) is 21.1 Å². The average Bonchev–Trinajstić information content (AvgIpc) is 2.90. The molecule has 2 heterocycles. The number of hydrogen-bond donors (Lipinski definition) is 2. The lowest BCUT2D eigenvalue weighted by Crippen LogP contribution is -2.16. The van der Waals surface area contributed by atoms with Gasteiger partial charge in [-0.15, -0.1) is 10.2 Å². The van der Waals surface area contributed by atoms with Crippen LogP contribution in [0.1, 0.15) is 10.4 Å². The van der Waals surface area contributed by atoms with Gasteiger partial charge in [0, 0.05) is 17.0 Å². The second kappa shape index (κ2) is 4.62. The normalized spacial score (nSPS) is 10.5. The minimum absolute atomic E-state index is 0.314. The van der Waals surface area contributed by atoms with Crippen molar-refractivity contribution in [3.63, 3.8) is 0 Å².